The number of nitrogens with one attached hydrogen (secondary N) is 1. The number of nitrogens with two attached hydrogens (primary N) is 2. The number of rotatable bonds is 4. The van der Waals surface area contributed by atoms with E-state index in [9.17, 15) is 0 Å². The third kappa shape index (κ3) is 2.63. The first-order valence-electron chi connectivity index (χ1n) is 5.58. The maximum atomic E-state index is 5.64. The van der Waals surface area contributed by atoms with Crippen LogP contribution in [0, 0.1) is 0 Å². The largest absolute Gasteiger partial charge is 0.496 e. The molecule has 0 unspecified atom stereocenters. The predicted molar refractivity (Wildman–Crippen MR) is 73.4 cm³/mol. The molecule has 0 amide bonds. The fourth-order valence-corrected chi connectivity index (χ4v) is 1.62. The maximum absolute atomic E-state index is 5.64. The smallest absolute Gasteiger partial charge is 0.149 e. The Labute approximate surface area is 106 Å². The van der Waals surface area contributed by atoms with E-state index in [0.29, 0.717) is 23.9 Å². The van der Waals surface area contributed by atoms with Crippen LogP contribution in [0.2, 0.25) is 0 Å². The predicted octanol–water partition coefficient (Wildman–Crippen LogP) is 1.87. The molecular weight excluding hydrogens is 228 g/mol. The lowest BCUT2D eigenvalue weighted by atomic mass is 10.2. The van der Waals surface area contributed by atoms with Gasteiger partial charge < -0.3 is 21.5 Å². The third-order valence-corrected chi connectivity index (χ3v) is 2.61. The van der Waals surface area contributed by atoms with Gasteiger partial charge in [0.15, 0.2) is 0 Å². The summed E-state index contributed by atoms with van der Waals surface area (Å²) in [7, 11) is 1.65. The van der Waals surface area contributed by atoms with Crippen molar-refractivity contribution in [2.24, 2.45) is 0 Å². The first-order chi connectivity index (χ1) is 8.70. The van der Waals surface area contributed by atoms with Gasteiger partial charge in [-0.2, -0.15) is 0 Å². The highest BCUT2D eigenvalue weighted by Crippen LogP contribution is 2.19. The van der Waals surface area contributed by atoms with Gasteiger partial charge in [-0.15, -0.1) is 0 Å². The van der Waals surface area contributed by atoms with Crippen LogP contribution in [0.4, 0.5) is 17.3 Å². The zero-order valence-corrected chi connectivity index (χ0v) is 10.2. The fraction of sp³-hybridized carbons (Fsp3) is 0.154. The monoisotopic (exact) mass is 244 g/mol. The van der Waals surface area contributed by atoms with E-state index >= 15 is 0 Å². The van der Waals surface area contributed by atoms with E-state index in [4.69, 9.17) is 16.2 Å². The molecule has 2 aromatic rings. The van der Waals surface area contributed by atoms with Crippen molar-refractivity contribution >= 4 is 17.3 Å². The number of aromatic nitrogens is 1. The van der Waals surface area contributed by atoms with Gasteiger partial charge in [-0.3, -0.25) is 0 Å². The summed E-state index contributed by atoms with van der Waals surface area (Å²) >= 11 is 0. The molecule has 0 spiro atoms. The Kier molecular flexibility index (Phi) is 3.52. The highest BCUT2D eigenvalue weighted by molar-refractivity contribution is 5.61. The standard InChI is InChI=1S/C13H16N4O/c1-18-11-5-3-2-4-9(11)8-16-12-7-6-10(14)13(15)17-12/h2-7H,8,14H2,1H3,(H3,15,16,17). The normalized spacial score (nSPS) is 10.1. The number of nitrogens with zero attached hydrogens (tertiary/aromatic N) is 1. The van der Waals surface area contributed by atoms with Crippen molar-refractivity contribution in [1.82, 2.24) is 4.98 Å². The second kappa shape index (κ2) is 5.27. The minimum Gasteiger partial charge on any atom is -0.496 e. The second-order valence-electron chi connectivity index (χ2n) is 3.84. The average molecular weight is 244 g/mol. The number of benzene rings is 1. The van der Waals surface area contributed by atoms with Crippen LogP contribution >= 0.6 is 0 Å². The molecule has 1 aromatic heterocycles. The van der Waals surface area contributed by atoms with Crippen molar-refractivity contribution in [3.63, 3.8) is 0 Å². The van der Waals surface area contributed by atoms with Crippen LogP contribution < -0.4 is 21.5 Å². The summed E-state index contributed by atoms with van der Waals surface area (Å²) in [6.45, 7) is 0.611. The highest BCUT2D eigenvalue weighted by Gasteiger charge is 2.03. The average Bonchev–Trinajstić information content (AvgIpc) is 2.40. The zero-order chi connectivity index (χ0) is 13.0. The number of anilines is 3. The second-order valence-corrected chi connectivity index (χ2v) is 3.84. The summed E-state index contributed by atoms with van der Waals surface area (Å²) in [5.74, 6) is 1.86. The quantitative estimate of drug-likeness (QED) is 0.764. The number of methoxy groups -OCH3 is 1. The topological polar surface area (TPSA) is 86.2 Å². The lowest BCUT2D eigenvalue weighted by Gasteiger charge is -2.10. The molecule has 0 fully saturated rings. The minimum atomic E-state index is 0.333. The van der Waals surface area contributed by atoms with E-state index in [1.54, 1.807) is 19.2 Å². The number of pyridine rings is 1. The Morgan fingerprint density at radius 2 is 1.94 bits per heavy atom. The summed E-state index contributed by atoms with van der Waals surface area (Å²) in [5, 5.41) is 3.18. The molecule has 0 aliphatic heterocycles. The summed E-state index contributed by atoms with van der Waals surface area (Å²) in [6.07, 6.45) is 0. The van der Waals surface area contributed by atoms with Gasteiger partial charge in [0.1, 0.15) is 17.4 Å². The van der Waals surface area contributed by atoms with Crippen LogP contribution in [-0.4, -0.2) is 12.1 Å². The third-order valence-electron chi connectivity index (χ3n) is 2.61. The highest BCUT2D eigenvalue weighted by atomic mass is 16.5. The molecule has 94 valence electrons. The fourth-order valence-electron chi connectivity index (χ4n) is 1.62. The van der Waals surface area contributed by atoms with Gasteiger partial charge in [-0.25, -0.2) is 4.98 Å². The first-order valence-corrected chi connectivity index (χ1v) is 5.58. The molecule has 5 nitrogen and oxygen atoms in total. The lowest BCUT2D eigenvalue weighted by Crippen LogP contribution is -2.05. The SMILES string of the molecule is COc1ccccc1CNc1ccc(N)c(N)n1. The van der Waals surface area contributed by atoms with Crippen molar-refractivity contribution < 1.29 is 4.74 Å². The van der Waals surface area contributed by atoms with Crippen LogP contribution in [0.25, 0.3) is 0 Å². The van der Waals surface area contributed by atoms with Crippen LogP contribution in [0.15, 0.2) is 36.4 Å². The lowest BCUT2D eigenvalue weighted by molar-refractivity contribution is 0.410. The van der Waals surface area contributed by atoms with Crippen LogP contribution in [-0.2, 0) is 6.54 Å². The number of hydrogen-bond donors (Lipinski definition) is 3. The van der Waals surface area contributed by atoms with Gasteiger partial charge >= 0.3 is 0 Å². The molecule has 0 saturated heterocycles. The Bertz CT molecular complexity index is 542. The zero-order valence-electron chi connectivity index (χ0n) is 10.2. The van der Waals surface area contributed by atoms with Crippen molar-refractivity contribution in [1.29, 1.82) is 0 Å². The molecule has 5 heteroatoms. The Hall–Kier alpha value is -2.43. The number of para-hydroxylation sites is 1. The number of hydrogen-bond acceptors (Lipinski definition) is 5. The van der Waals surface area contributed by atoms with E-state index in [2.05, 4.69) is 10.3 Å². The van der Waals surface area contributed by atoms with Crippen molar-refractivity contribution in [2.45, 2.75) is 6.54 Å². The molecule has 1 heterocycles. The van der Waals surface area contributed by atoms with Gasteiger partial charge in [-0.1, -0.05) is 18.2 Å². The summed E-state index contributed by atoms with van der Waals surface area (Å²) in [6, 6.07) is 11.3. The number of ether oxygens (including phenoxy) is 1. The van der Waals surface area contributed by atoms with Crippen molar-refractivity contribution in [2.75, 3.05) is 23.9 Å². The molecule has 0 atom stereocenters. The van der Waals surface area contributed by atoms with Crippen LogP contribution in [0.3, 0.4) is 0 Å². The van der Waals surface area contributed by atoms with Gasteiger partial charge in [0, 0.05) is 12.1 Å². The Morgan fingerprint density at radius 1 is 1.17 bits per heavy atom. The minimum absolute atomic E-state index is 0.333. The van der Waals surface area contributed by atoms with Gasteiger partial charge in [0.25, 0.3) is 0 Å². The van der Waals surface area contributed by atoms with E-state index in [0.717, 1.165) is 11.3 Å². The molecule has 0 saturated carbocycles. The maximum Gasteiger partial charge on any atom is 0.149 e. The first kappa shape index (κ1) is 12.0. The van der Waals surface area contributed by atoms with Gasteiger partial charge in [-0.05, 0) is 18.2 Å². The summed E-state index contributed by atoms with van der Waals surface area (Å²) in [5.41, 5.74) is 12.8. The molecule has 18 heavy (non-hydrogen) atoms. The van der Waals surface area contributed by atoms with Crippen molar-refractivity contribution in [3.05, 3.63) is 42.0 Å². The molecule has 0 aliphatic rings. The molecule has 0 aliphatic carbocycles. The van der Waals surface area contributed by atoms with E-state index < -0.39 is 0 Å². The molecule has 0 radical (unpaired) electrons. The van der Waals surface area contributed by atoms with Crippen LogP contribution in [0.5, 0.6) is 5.75 Å². The van der Waals surface area contributed by atoms with Crippen molar-refractivity contribution in [3.8, 4) is 5.75 Å². The number of nitrogen functional groups attached to an aromatic ring is 2. The molecular formula is C13H16N4O. The van der Waals surface area contributed by atoms with Crippen LogP contribution in [0.1, 0.15) is 5.56 Å². The Balaban J connectivity index is 2.09. The van der Waals surface area contributed by atoms with E-state index in [1.807, 2.05) is 24.3 Å². The van der Waals surface area contributed by atoms with E-state index in [1.165, 1.54) is 0 Å². The van der Waals surface area contributed by atoms with E-state index in [-0.39, 0.29) is 0 Å². The Morgan fingerprint density at radius 3 is 2.67 bits per heavy atom. The summed E-state index contributed by atoms with van der Waals surface area (Å²) in [4.78, 5) is 4.14. The summed E-state index contributed by atoms with van der Waals surface area (Å²) < 4.78 is 5.27. The molecule has 2 rings (SSSR count). The molecule has 1 aromatic carbocycles. The van der Waals surface area contributed by atoms with Gasteiger partial charge in [0.2, 0.25) is 0 Å². The molecule has 5 N–H and O–H groups in total. The molecule has 0 bridgehead atoms. The van der Waals surface area contributed by atoms with Gasteiger partial charge in [0.05, 0.1) is 12.8 Å².